The Morgan fingerprint density at radius 2 is 1.86 bits per heavy atom. The molecule has 5 nitrogen and oxygen atoms in total. The maximum atomic E-state index is 5.09. The number of rotatable bonds is 9. The van der Waals surface area contributed by atoms with Gasteiger partial charge in [0.1, 0.15) is 5.82 Å². The summed E-state index contributed by atoms with van der Waals surface area (Å²) in [4.78, 5) is 7.71. The molecule has 0 aliphatic heterocycles. The monoisotopic (exact) mass is 289 g/mol. The number of aromatic nitrogens is 2. The second-order valence-electron chi connectivity index (χ2n) is 4.85. The number of imidazole rings is 1. The van der Waals surface area contributed by atoms with Gasteiger partial charge in [0.25, 0.3) is 0 Å². The molecule has 2 aromatic rings. The van der Waals surface area contributed by atoms with E-state index in [0.717, 1.165) is 43.2 Å². The standard InChI is InChI=1S/C16H23N3O2/c1-20-9-7-13-3-5-14(6-4-13)15-11-18-16(19-15)12-17-8-10-21-2/h3-6,11,17H,7-10,12H2,1-2H3,(H,18,19). The molecule has 2 rings (SSSR count). The number of hydrogen-bond acceptors (Lipinski definition) is 4. The lowest BCUT2D eigenvalue weighted by Crippen LogP contribution is -2.19. The molecular weight excluding hydrogens is 266 g/mol. The third-order valence-electron chi connectivity index (χ3n) is 3.26. The van der Waals surface area contributed by atoms with Crippen molar-refractivity contribution in [3.05, 3.63) is 41.9 Å². The van der Waals surface area contributed by atoms with E-state index in [2.05, 4.69) is 39.6 Å². The molecule has 21 heavy (non-hydrogen) atoms. The van der Waals surface area contributed by atoms with Gasteiger partial charge in [-0.2, -0.15) is 0 Å². The van der Waals surface area contributed by atoms with Crippen molar-refractivity contribution in [2.75, 3.05) is 34.0 Å². The molecule has 0 saturated carbocycles. The van der Waals surface area contributed by atoms with E-state index in [1.165, 1.54) is 5.56 Å². The van der Waals surface area contributed by atoms with Crippen LogP contribution in [0.5, 0.6) is 0 Å². The van der Waals surface area contributed by atoms with Crippen molar-refractivity contribution in [1.29, 1.82) is 0 Å². The van der Waals surface area contributed by atoms with Crippen LogP contribution < -0.4 is 5.32 Å². The van der Waals surface area contributed by atoms with Crippen molar-refractivity contribution in [1.82, 2.24) is 15.3 Å². The lowest BCUT2D eigenvalue weighted by Gasteiger charge is -2.03. The molecule has 0 amide bonds. The van der Waals surface area contributed by atoms with Crippen molar-refractivity contribution in [3.8, 4) is 11.3 Å². The Hall–Kier alpha value is -1.69. The summed E-state index contributed by atoms with van der Waals surface area (Å²) < 4.78 is 10.1. The average molecular weight is 289 g/mol. The Labute approximate surface area is 125 Å². The van der Waals surface area contributed by atoms with E-state index >= 15 is 0 Å². The van der Waals surface area contributed by atoms with E-state index in [0.29, 0.717) is 6.61 Å². The van der Waals surface area contributed by atoms with Crippen molar-refractivity contribution >= 4 is 0 Å². The maximum Gasteiger partial charge on any atom is 0.120 e. The number of H-pyrrole nitrogens is 1. The van der Waals surface area contributed by atoms with E-state index in [1.54, 1.807) is 14.2 Å². The number of ether oxygens (including phenoxy) is 2. The van der Waals surface area contributed by atoms with Gasteiger partial charge in [-0.15, -0.1) is 0 Å². The molecule has 2 N–H and O–H groups in total. The molecule has 0 spiro atoms. The van der Waals surface area contributed by atoms with E-state index in [-0.39, 0.29) is 0 Å². The molecule has 0 radical (unpaired) electrons. The fraction of sp³-hybridized carbons (Fsp3) is 0.438. The Balaban J connectivity index is 1.91. The number of aromatic amines is 1. The normalized spacial score (nSPS) is 11.0. The van der Waals surface area contributed by atoms with Crippen LogP contribution in [-0.2, 0) is 22.4 Å². The van der Waals surface area contributed by atoms with E-state index in [4.69, 9.17) is 9.47 Å². The van der Waals surface area contributed by atoms with Gasteiger partial charge in [-0.05, 0) is 17.5 Å². The second kappa shape index (κ2) is 8.56. The largest absolute Gasteiger partial charge is 0.384 e. The number of hydrogen-bond donors (Lipinski definition) is 2. The molecule has 114 valence electrons. The highest BCUT2D eigenvalue weighted by atomic mass is 16.5. The highest BCUT2D eigenvalue weighted by Crippen LogP contribution is 2.18. The van der Waals surface area contributed by atoms with Gasteiger partial charge in [0.05, 0.1) is 31.6 Å². The highest BCUT2D eigenvalue weighted by Gasteiger charge is 2.03. The lowest BCUT2D eigenvalue weighted by molar-refractivity contribution is 0.199. The summed E-state index contributed by atoms with van der Waals surface area (Å²) in [6.07, 6.45) is 2.81. The maximum absolute atomic E-state index is 5.09. The fourth-order valence-corrected chi connectivity index (χ4v) is 2.05. The second-order valence-corrected chi connectivity index (χ2v) is 4.85. The molecule has 1 aromatic heterocycles. The minimum absolute atomic E-state index is 0.705. The first-order chi connectivity index (χ1) is 10.3. The topological polar surface area (TPSA) is 59.2 Å². The minimum atomic E-state index is 0.705. The van der Waals surface area contributed by atoms with Gasteiger partial charge in [-0.1, -0.05) is 24.3 Å². The highest BCUT2D eigenvalue weighted by molar-refractivity contribution is 5.58. The molecule has 0 saturated heterocycles. The number of benzene rings is 1. The van der Waals surface area contributed by atoms with Gasteiger partial charge in [0.2, 0.25) is 0 Å². The summed E-state index contributed by atoms with van der Waals surface area (Å²) in [5.41, 5.74) is 3.46. The number of methoxy groups -OCH3 is 2. The Morgan fingerprint density at radius 3 is 2.57 bits per heavy atom. The van der Waals surface area contributed by atoms with Crippen molar-refractivity contribution in [3.63, 3.8) is 0 Å². The van der Waals surface area contributed by atoms with Crippen LogP contribution in [0.1, 0.15) is 11.4 Å². The van der Waals surface area contributed by atoms with Crippen LogP contribution >= 0.6 is 0 Å². The van der Waals surface area contributed by atoms with Gasteiger partial charge < -0.3 is 19.8 Å². The first kappa shape index (κ1) is 15.7. The Morgan fingerprint density at radius 1 is 1.10 bits per heavy atom. The summed E-state index contributed by atoms with van der Waals surface area (Å²) >= 11 is 0. The molecule has 0 aliphatic carbocycles. The molecular formula is C16H23N3O2. The number of nitrogens with one attached hydrogen (secondary N) is 2. The summed E-state index contributed by atoms with van der Waals surface area (Å²) in [6, 6.07) is 8.48. The average Bonchev–Trinajstić information content (AvgIpc) is 2.99. The minimum Gasteiger partial charge on any atom is -0.384 e. The zero-order valence-corrected chi connectivity index (χ0v) is 12.7. The van der Waals surface area contributed by atoms with Gasteiger partial charge >= 0.3 is 0 Å². The van der Waals surface area contributed by atoms with Crippen molar-refractivity contribution < 1.29 is 9.47 Å². The van der Waals surface area contributed by atoms with Crippen LogP contribution in [0.4, 0.5) is 0 Å². The Bertz CT molecular complexity index is 523. The zero-order chi connectivity index (χ0) is 14.9. The summed E-state index contributed by atoms with van der Waals surface area (Å²) in [7, 11) is 3.42. The van der Waals surface area contributed by atoms with Crippen molar-refractivity contribution in [2.45, 2.75) is 13.0 Å². The molecule has 0 atom stereocenters. The molecule has 1 heterocycles. The predicted molar refractivity (Wildman–Crippen MR) is 83.2 cm³/mol. The Kier molecular flexibility index (Phi) is 6.40. The van der Waals surface area contributed by atoms with Crippen LogP contribution in [0.2, 0.25) is 0 Å². The van der Waals surface area contributed by atoms with E-state index in [1.807, 2.05) is 6.20 Å². The lowest BCUT2D eigenvalue weighted by atomic mass is 10.1. The van der Waals surface area contributed by atoms with Gasteiger partial charge in [0, 0.05) is 20.8 Å². The van der Waals surface area contributed by atoms with Crippen LogP contribution in [0.15, 0.2) is 30.5 Å². The van der Waals surface area contributed by atoms with Crippen LogP contribution in [0.25, 0.3) is 11.3 Å². The van der Waals surface area contributed by atoms with Gasteiger partial charge in [-0.3, -0.25) is 0 Å². The SMILES string of the molecule is COCCNCc1ncc(-c2ccc(CCOC)cc2)[nH]1. The molecule has 0 aliphatic rings. The summed E-state index contributed by atoms with van der Waals surface area (Å²) in [5.74, 6) is 0.935. The predicted octanol–water partition coefficient (Wildman–Crippen LogP) is 2.00. The molecule has 0 unspecified atom stereocenters. The molecule has 0 fully saturated rings. The first-order valence-corrected chi connectivity index (χ1v) is 7.15. The third-order valence-corrected chi connectivity index (χ3v) is 3.26. The third kappa shape index (κ3) is 4.97. The summed E-state index contributed by atoms with van der Waals surface area (Å²) in [5, 5.41) is 3.27. The fourth-order valence-electron chi connectivity index (χ4n) is 2.05. The van der Waals surface area contributed by atoms with Crippen LogP contribution in [0, 0.1) is 0 Å². The molecule has 1 aromatic carbocycles. The number of nitrogens with zero attached hydrogens (tertiary/aromatic N) is 1. The first-order valence-electron chi connectivity index (χ1n) is 7.15. The quantitative estimate of drug-likeness (QED) is 0.693. The summed E-state index contributed by atoms with van der Waals surface area (Å²) in [6.45, 7) is 2.99. The van der Waals surface area contributed by atoms with Crippen molar-refractivity contribution in [2.24, 2.45) is 0 Å². The zero-order valence-electron chi connectivity index (χ0n) is 12.7. The van der Waals surface area contributed by atoms with Crippen LogP contribution in [0.3, 0.4) is 0 Å². The van der Waals surface area contributed by atoms with Crippen LogP contribution in [-0.4, -0.2) is 43.9 Å². The van der Waals surface area contributed by atoms with E-state index < -0.39 is 0 Å². The van der Waals surface area contributed by atoms with Gasteiger partial charge in [0.15, 0.2) is 0 Å². The molecule has 0 bridgehead atoms. The van der Waals surface area contributed by atoms with Gasteiger partial charge in [-0.25, -0.2) is 4.98 Å². The smallest absolute Gasteiger partial charge is 0.120 e. The molecule has 5 heteroatoms. The van der Waals surface area contributed by atoms with E-state index in [9.17, 15) is 0 Å².